The predicted molar refractivity (Wildman–Crippen MR) is 77.5 cm³/mol. The van der Waals surface area contributed by atoms with E-state index in [9.17, 15) is 14.7 Å². The number of aliphatic carboxylic acids is 1. The van der Waals surface area contributed by atoms with Crippen LogP contribution in [0.1, 0.15) is 33.1 Å². The van der Waals surface area contributed by atoms with E-state index in [0.29, 0.717) is 18.9 Å². The van der Waals surface area contributed by atoms with Crippen LogP contribution in [0.25, 0.3) is 0 Å². The number of carbonyl (C=O) groups excluding carboxylic acids is 1. The average molecular weight is 288 g/mol. The van der Waals surface area contributed by atoms with Crippen LogP contribution in [0.3, 0.4) is 0 Å². The summed E-state index contributed by atoms with van der Waals surface area (Å²) in [6.07, 6.45) is 4.27. The molecule has 0 radical (unpaired) electrons. The Morgan fingerprint density at radius 1 is 1.53 bits per heavy atom. The van der Waals surface area contributed by atoms with Crippen molar-refractivity contribution in [2.45, 2.75) is 45.2 Å². The number of hydrogen-bond acceptors (Lipinski definition) is 3. The minimum atomic E-state index is -0.903. The van der Waals surface area contributed by atoms with Crippen LogP contribution >= 0.6 is 11.8 Å². The second-order valence-corrected chi connectivity index (χ2v) is 6.10. The SMILES string of the molecule is CCC(CSC)NC(=O)N1CCC(C)CC1C(=O)O. The minimum absolute atomic E-state index is 0.108. The van der Waals surface area contributed by atoms with Crippen LogP contribution in [0.2, 0.25) is 0 Å². The first-order valence-corrected chi connectivity index (χ1v) is 8.17. The predicted octanol–water partition coefficient (Wildman–Crippen LogP) is 2.02. The van der Waals surface area contributed by atoms with Crippen LogP contribution in [0.15, 0.2) is 0 Å². The van der Waals surface area contributed by atoms with Crippen LogP contribution in [0.4, 0.5) is 4.79 Å². The lowest BCUT2D eigenvalue weighted by molar-refractivity contribution is -0.143. The van der Waals surface area contributed by atoms with Crippen molar-refractivity contribution < 1.29 is 14.7 Å². The minimum Gasteiger partial charge on any atom is -0.480 e. The average Bonchev–Trinajstić information content (AvgIpc) is 2.37. The van der Waals surface area contributed by atoms with E-state index in [-0.39, 0.29) is 12.1 Å². The quantitative estimate of drug-likeness (QED) is 0.812. The molecule has 1 heterocycles. The van der Waals surface area contributed by atoms with Gasteiger partial charge in [-0.05, 0) is 31.4 Å². The zero-order valence-electron chi connectivity index (χ0n) is 11.9. The number of amides is 2. The zero-order valence-corrected chi connectivity index (χ0v) is 12.7. The normalized spacial score (nSPS) is 24.9. The van der Waals surface area contributed by atoms with Crippen molar-refractivity contribution in [3.63, 3.8) is 0 Å². The molecule has 6 heteroatoms. The van der Waals surface area contributed by atoms with E-state index in [1.165, 1.54) is 4.90 Å². The Labute approximate surface area is 119 Å². The number of carbonyl (C=O) groups is 2. The van der Waals surface area contributed by atoms with Crippen molar-refractivity contribution in [1.82, 2.24) is 10.2 Å². The van der Waals surface area contributed by atoms with Gasteiger partial charge in [0.05, 0.1) is 0 Å². The van der Waals surface area contributed by atoms with Gasteiger partial charge in [0.2, 0.25) is 0 Å². The fraction of sp³-hybridized carbons (Fsp3) is 0.846. The fourth-order valence-corrected chi connectivity index (χ4v) is 3.06. The summed E-state index contributed by atoms with van der Waals surface area (Å²) in [7, 11) is 0. The molecule has 3 atom stereocenters. The highest BCUT2D eigenvalue weighted by Gasteiger charge is 2.35. The molecule has 1 rings (SSSR count). The number of carboxylic acid groups (broad SMARTS) is 1. The molecule has 1 aliphatic heterocycles. The van der Waals surface area contributed by atoms with E-state index in [2.05, 4.69) is 5.32 Å². The maximum atomic E-state index is 12.2. The van der Waals surface area contributed by atoms with Crippen molar-refractivity contribution in [1.29, 1.82) is 0 Å². The first-order valence-electron chi connectivity index (χ1n) is 6.78. The summed E-state index contributed by atoms with van der Waals surface area (Å²) in [6, 6.07) is -0.813. The largest absolute Gasteiger partial charge is 0.480 e. The zero-order chi connectivity index (χ0) is 14.4. The molecule has 0 spiro atoms. The Morgan fingerprint density at radius 2 is 2.21 bits per heavy atom. The van der Waals surface area contributed by atoms with Gasteiger partial charge in [0.25, 0.3) is 0 Å². The molecule has 110 valence electrons. The lowest BCUT2D eigenvalue weighted by atomic mass is 9.93. The summed E-state index contributed by atoms with van der Waals surface area (Å²) in [6.45, 7) is 4.58. The Morgan fingerprint density at radius 3 is 2.74 bits per heavy atom. The first kappa shape index (κ1) is 16.1. The number of carboxylic acids is 1. The molecular formula is C13H24N2O3S. The van der Waals surface area contributed by atoms with Gasteiger partial charge >= 0.3 is 12.0 Å². The highest BCUT2D eigenvalue weighted by atomic mass is 32.2. The van der Waals surface area contributed by atoms with Gasteiger partial charge in [-0.15, -0.1) is 0 Å². The van der Waals surface area contributed by atoms with Crippen LogP contribution in [-0.2, 0) is 4.79 Å². The van der Waals surface area contributed by atoms with Crippen LogP contribution in [0.5, 0.6) is 0 Å². The molecule has 1 fully saturated rings. The number of thioether (sulfide) groups is 1. The molecule has 5 nitrogen and oxygen atoms in total. The summed E-state index contributed by atoms with van der Waals surface area (Å²) in [5.41, 5.74) is 0. The topological polar surface area (TPSA) is 69.6 Å². The molecule has 0 aromatic carbocycles. The molecule has 3 unspecified atom stereocenters. The van der Waals surface area contributed by atoms with Crippen molar-refractivity contribution >= 4 is 23.8 Å². The molecule has 2 amide bonds. The smallest absolute Gasteiger partial charge is 0.326 e. The third-order valence-corrected chi connectivity index (χ3v) is 4.33. The van der Waals surface area contributed by atoms with Gasteiger partial charge in [0, 0.05) is 18.3 Å². The van der Waals surface area contributed by atoms with Gasteiger partial charge < -0.3 is 15.3 Å². The van der Waals surface area contributed by atoms with Crippen molar-refractivity contribution in [2.75, 3.05) is 18.6 Å². The van der Waals surface area contributed by atoms with Crippen molar-refractivity contribution in [3.8, 4) is 0 Å². The number of hydrogen-bond donors (Lipinski definition) is 2. The molecule has 0 aromatic rings. The van der Waals surface area contributed by atoms with Gasteiger partial charge in [0.15, 0.2) is 0 Å². The van der Waals surface area contributed by atoms with E-state index in [1.807, 2.05) is 20.1 Å². The van der Waals surface area contributed by atoms with Crippen LogP contribution in [0, 0.1) is 5.92 Å². The standard InChI is InChI=1S/C13H24N2O3S/c1-4-10(8-19-3)14-13(18)15-6-5-9(2)7-11(15)12(16)17/h9-11H,4-8H2,1-3H3,(H,14,18)(H,16,17). The molecule has 0 bridgehead atoms. The molecular weight excluding hydrogens is 264 g/mol. The molecule has 0 aliphatic carbocycles. The summed E-state index contributed by atoms with van der Waals surface area (Å²) < 4.78 is 0. The number of piperidine rings is 1. The van der Waals surface area contributed by atoms with Gasteiger partial charge in [0.1, 0.15) is 6.04 Å². The van der Waals surface area contributed by atoms with Crippen molar-refractivity contribution in [2.24, 2.45) is 5.92 Å². The van der Waals surface area contributed by atoms with Gasteiger partial charge in [-0.1, -0.05) is 13.8 Å². The number of likely N-dealkylation sites (tertiary alicyclic amines) is 1. The molecule has 19 heavy (non-hydrogen) atoms. The van der Waals surface area contributed by atoms with E-state index >= 15 is 0 Å². The van der Waals surface area contributed by atoms with E-state index in [0.717, 1.165) is 18.6 Å². The highest BCUT2D eigenvalue weighted by molar-refractivity contribution is 7.98. The molecule has 1 saturated heterocycles. The maximum Gasteiger partial charge on any atom is 0.326 e. The summed E-state index contributed by atoms with van der Waals surface area (Å²) in [5.74, 6) is 0.308. The number of rotatable bonds is 5. The van der Waals surface area contributed by atoms with E-state index in [1.54, 1.807) is 11.8 Å². The molecule has 1 aliphatic rings. The summed E-state index contributed by atoms with van der Waals surface area (Å²) >= 11 is 1.68. The third kappa shape index (κ3) is 4.60. The monoisotopic (exact) mass is 288 g/mol. The molecule has 0 aromatic heterocycles. The first-order chi connectivity index (χ1) is 8.99. The third-order valence-electron chi connectivity index (χ3n) is 3.60. The van der Waals surface area contributed by atoms with Crippen molar-refractivity contribution in [3.05, 3.63) is 0 Å². The Hall–Kier alpha value is -0.910. The lowest BCUT2D eigenvalue weighted by Crippen LogP contribution is -2.55. The lowest BCUT2D eigenvalue weighted by Gasteiger charge is -2.36. The fourth-order valence-electron chi connectivity index (χ4n) is 2.34. The second-order valence-electron chi connectivity index (χ2n) is 5.19. The second kappa shape index (κ2) is 7.62. The highest BCUT2D eigenvalue weighted by Crippen LogP contribution is 2.22. The van der Waals surface area contributed by atoms with E-state index < -0.39 is 12.0 Å². The van der Waals surface area contributed by atoms with Gasteiger partial charge in [-0.3, -0.25) is 0 Å². The van der Waals surface area contributed by atoms with Crippen LogP contribution in [-0.4, -0.2) is 52.6 Å². The Kier molecular flexibility index (Phi) is 6.48. The van der Waals surface area contributed by atoms with Crippen LogP contribution < -0.4 is 5.32 Å². The molecule has 2 N–H and O–H groups in total. The summed E-state index contributed by atoms with van der Waals surface area (Å²) in [4.78, 5) is 25.0. The Balaban J connectivity index is 2.65. The van der Waals surface area contributed by atoms with E-state index in [4.69, 9.17) is 0 Å². The summed E-state index contributed by atoms with van der Waals surface area (Å²) in [5, 5.41) is 12.2. The Bertz CT molecular complexity index is 325. The number of urea groups is 1. The van der Waals surface area contributed by atoms with Gasteiger partial charge in [-0.2, -0.15) is 11.8 Å². The maximum absolute atomic E-state index is 12.2. The number of nitrogens with one attached hydrogen (secondary N) is 1. The van der Waals surface area contributed by atoms with Gasteiger partial charge in [-0.25, -0.2) is 9.59 Å². The molecule has 0 saturated carbocycles. The number of nitrogens with zero attached hydrogens (tertiary/aromatic N) is 1.